The quantitative estimate of drug-likeness (QED) is 0.643. The molecule has 7 heteroatoms. The van der Waals surface area contributed by atoms with E-state index < -0.39 is 0 Å². The predicted octanol–water partition coefficient (Wildman–Crippen LogP) is 4.31. The molecule has 0 spiro atoms. The first-order valence-electron chi connectivity index (χ1n) is 9.79. The van der Waals surface area contributed by atoms with Gasteiger partial charge >= 0.3 is 6.03 Å². The van der Waals surface area contributed by atoms with Crippen LogP contribution in [0.25, 0.3) is 0 Å². The molecule has 2 amide bonds. The smallest absolute Gasteiger partial charge is 0.305 e. The molecule has 0 atom stereocenters. The van der Waals surface area contributed by atoms with Crippen LogP contribution in [-0.2, 0) is 13.1 Å². The van der Waals surface area contributed by atoms with E-state index >= 15 is 0 Å². The highest BCUT2D eigenvalue weighted by atomic mass is 16.2. The number of nitrogens with one attached hydrogen (secondary N) is 2. The van der Waals surface area contributed by atoms with E-state index in [-0.39, 0.29) is 11.9 Å². The van der Waals surface area contributed by atoms with Crippen LogP contribution in [0.15, 0.2) is 48.8 Å². The van der Waals surface area contributed by atoms with Gasteiger partial charge in [0.15, 0.2) is 0 Å². The van der Waals surface area contributed by atoms with Crippen molar-refractivity contribution in [1.82, 2.24) is 19.6 Å². The number of nitrogens with zero attached hydrogens (tertiary/aromatic N) is 4. The lowest BCUT2D eigenvalue weighted by atomic mass is 10.1. The number of anilines is 2. The maximum atomic E-state index is 12.5. The van der Waals surface area contributed by atoms with E-state index in [9.17, 15) is 4.79 Å². The fourth-order valence-electron chi connectivity index (χ4n) is 3.07. The van der Waals surface area contributed by atoms with Crippen molar-refractivity contribution in [2.75, 3.05) is 10.6 Å². The Morgan fingerprint density at radius 1 is 1.21 bits per heavy atom. The first kappa shape index (κ1) is 18.3. The molecule has 0 aliphatic heterocycles. The van der Waals surface area contributed by atoms with Gasteiger partial charge in [0.25, 0.3) is 0 Å². The number of aromatic nitrogens is 4. The molecule has 1 aliphatic carbocycles. The molecule has 1 aromatic carbocycles. The summed E-state index contributed by atoms with van der Waals surface area (Å²) in [4.78, 5) is 12.5. The third kappa shape index (κ3) is 4.60. The molecular formula is C21H26N6O. The Balaban J connectivity index is 1.44. The molecule has 28 heavy (non-hydrogen) atoms. The van der Waals surface area contributed by atoms with Crippen molar-refractivity contribution in [1.29, 1.82) is 0 Å². The van der Waals surface area contributed by atoms with E-state index in [1.54, 1.807) is 6.20 Å². The van der Waals surface area contributed by atoms with Crippen LogP contribution in [0.4, 0.5) is 16.3 Å². The standard InChI is InChI=1S/C21H26N6O/c1-15(2)19-10-20(27(25-19)13-16-6-4-3-5-7-16)24-21(28)23-18-11-22-26(14-18)12-17-8-9-17/h3-7,10-11,14-15,17H,8-9,12-13H2,1-2H3,(H2,23,24,28). The lowest BCUT2D eigenvalue weighted by Crippen LogP contribution is -2.21. The molecule has 3 aromatic rings. The molecule has 7 nitrogen and oxygen atoms in total. The van der Waals surface area contributed by atoms with Gasteiger partial charge in [-0.3, -0.25) is 10.00 Å². The third-order valence-electron chi connectivity index (χ3n) is 4.84. The second-order valence-electron chi connectivity index (χ2n) is 7.73. The summed E-state index contributed by atoms with van der Waals surface area (Å²) in [6.07, 6.45) is 6.10. The van der Waals surface area contributed by atoms with Crippen LogP contribution in [0.5, 0.6) is 0 Å². The highest BCUT2D eigenvalue weighted by molar-refractivity contribution is 5.99. The van der Waals surface area contributed by atoms with Crippen LogP contribution in [-0.4, -0.2) is 25.6 Å². The Kier molecular flexibility index (Phi) is 5.14. The van der Waals surface area contributed by atoms with Gasteiger partial charge < -0.3 is 5.32 Å². The maximum absolute atomic E-state index is 12.5. The van der Waals surface area contributed by atoms with Crippen molar-refractivity contribution in [2.24, 2.45) is 5.92 Å². The van der Waals surface area contributed by atoms with Crippen LogP contribution in [0.1, 0.15) is 43.9 Å². The molecule has 1 fully saturated rings. The molecule has 0 unspecified atom stereocenters. The van der Waals surface area contributed by atoms with Crippen molar-refractivity contribution in [3.63, 3.8) is 0 Å². The van der Waals surface area contributed by atoms with Gasteiger partial charge in [-0.2, -0.15) is 10.2 Å². The van der Waals surface area contributed by atoms with Crippen LogP contribution < -0.4 is 10.6 Å². The zero-order valence-corrected chi connectivity index (χ0v) is 16.3. The number of hydrogen-bond acceptors (Lipinski definition) is 3. The van der Waals surface area contributed by atoms with Crippen molar-refractivity contribution in [3.05, 3.63) is 60.0 Å². The minimum Gasteiger partial charge on any atom is -0.305 e. The van der Waals surface area contributed by atoms with Gasteiger partial charge in [0.2, 0.25) is 0 Å². The van der Waals surface area contributed by atoms with Gasteiger partial charge in [-0.25, -0.2) is 9.48 Å². The summed E-state index contributed by atoms with van der Waals surface area (Å²) in [7, 11) is 0. The van der Waals surface area contributed by atoms with Gasteiger partial charge in [-0.15, -0.1) is 0 Å². The van der Waals surface area contributed by atoms with Crippen LogP contribution in [0.2, 0.25) is 0 Å². The molecule has 2 aromatic heterocycles. The Morgan fingerprint density at radius 3 is 2.71 bits per heavy atom. The summed E-state index contributed by atoms with van der Waals surface area (Å²) in [5.41, 5.74) is 2.77. The Hall–Kier alpha value is -3.09. The van der Waals surface area contributed by atoms with Crippen LogP contribution in [0, 0.1) is 5.92 Å². The summed E-state index contributed by atoms with van der Waals surface area (Å²) in [6, 6.07) is 11.7. The molecule has 0 bridgehead atoms. The van der Waals surface area contributed by atoms with E-state index in [0.29, 0.717) is 18.1 Å². The maximum Gasteiger partial charge on any atom is 0.324 e. The monoisotopic (exact) mass is 378 g/mol. The Bertz CT molecular complexity index is 939. The first-order chi connectivity index (χ1) is 13.6. The summed E-state index contributed by atoms with van der Waals surface area (Å²) in [6.45, 7) is 5.70. The highest BCUT2D eigenvalue weighted by Crippen LogP contribution is 2.30. The van der Waals surface area contributed by atoms with E-state index in [0.717, 1.165) is 23.7 Å². The lowest BCUT2D eigenvalue weighted by molar-refractivity contribution is 0.262. The van der Waals surface area contributed by atoms with Crippen LogP contribution in [0.3, 0.4) is 0 Å². The minimum atomic E-state index is -0.296. The van der Waals surface area contributed by atoms with Crippen molar-refractivity contribution in [2.45, 2.75) is 45.7 Å². The summed E-state index contributed by atoms with van der Waals surface area (Å²) in [5, 5.41) is 14.8. The fraction of sp³-hybridized carbons (Fsp3) is 0.381. The SMILES string of the molecule is CC(C)c1cc(NC(=O)Nc2cnn(CC3CC3)c2)n(Cc2ccccc2)n1. The Labute approximate surface area is 164 Å². The number of carbonyl (C=O) groups is 1. The number of benzene rings is 1. The fourth-order valence-corrected chi connectivity index (χ4v) is 3.07. The molecule has 146 valence electrons. The number of rotatable bonds is 7. The lowest BCUT2D eigenvalue weighted by Gasteiger charge is -2.09. The first-order valence-corrected chi connectivity index (χ1v) is 9.79. The summed E-state index contributed by atoms with van der Waals surface area (Å²) >= 11 is 0. The van der Waals surface area contributed by atoms with Gasteiger partial charge in [0.1, 0.15) is 5.82 Å². The van der Waals surface area contributed by atoms with Gasteiger partial charge in [0.05, 0.1) is 24.1 Å². The van der Waals surface area contributed by atoms with Crippen molar-refractivity contribution < 1.29 is 4.79 Å². The molecule has 4 rings (SSSR count). The third-order valence-corrected chi connectivity index (χ3v) is 4.84. The van der Waals surface area contributed by atoms with E-state index in [2.05, 4.69) is 46.8 Å². The van der Waals surface area contributed by atoms with E-state index in [1.807, 2.05) is 39.8 Å². The predicted molar refractivity (Wildman–Crippen MR) is 109 cm³/mol. The zero-order chi connectivity index (χ0) is 19.5. The molecule has 0 radical (unpaired) electrons. The molecular weight excluding hydrogens is 352 g/mol. The highest BCUT2D eigenvalue weighted by Gasteiger charge is 2.22. The van der Waals surface area contributed by atoms with Crippen molar-refractivity contribution >= 4 is 17.5 Å². The molecule has 2 heterocycles. The molecule has 1 aliphatic rings. The number of amides is 2. The Morgan fingerprint density at radius 2 is 2.00 bits per heavy atom. The second kappa shape index (κ2) is 7.88. The number of hydrogen-bond donors (Lipinski definition) is 2. The second-order valence-corrected chi connectivity index (χ2v) is 7.73. The zero-order valence-electron chi connectivity index (χ0n) is 16.3. The van der Waals surface area contributed by atoms with Gasteiger partial charge in [-0.1, -0.05) is 44.2 Å². The summed E-state index contributed by atoms with van der Waals surface area (Å²) in [5.74, 6) is 1.69. The average Bonchev–Trinajstić information content (AvgIpc) is 3.24. The largest absolute Gasteiger partial charge is 0.324 e. The summed E-state index contributed by atoms with van der Waals surface area (Å²) < 4.78 is 3.73. The van der Waals surface area contributed by atoms with Crippen LogP contribution >= 0.6 is 0 Å². The minimum absolute atomic E-state index is 0.279. The molecule has 0 saturated heterocycles. The van der Waals surface area contributed by atoms with E-state index in [1.165, 1.54) is 12.8 Å². The average molecular weight is 378 g/mol. The van der Waals surface area contributed by atoms with Gasteiger partial charge in [0, 0.05) is 18.8 Å². The van der Waals surface area contributed by atoms with Crippen molar-refractivity contribution in [3.8, 4) is 0 Å². The topological polar surface area (TPSA) is 76.8 Å². The molecule has 2 N–H and O–H groups in total. The normalized spacial score (nSPS) is 13.7. The van der Waals surface area contributed by atoms with E-state index in [4.69, 9.17) is 0 Å². The molecule has 1 saturated carbocycles. The number of urea groups is 1. The number of carbonyl (C=O) groups excluding carboxylic acids is 1. The van der Waals surface area contributed by atoms with Gasteiger partial charge in [-0.05, 0) is 30.2 Å².